The molecule has 1 radical (unpaired) electrons. The predicted molar refractivity (Wildman–Crippen MR) is 21.5 cm³/mol. The van der Waals surface area contributed by atoms with E-state index in [1.54, 1.807) is 6.92 Å². The third-order valence-corrected chi connectivity index (χ3v) is 0.305. The summed E-state index contributed by atoms with van der Waals surface area (Å²) in [6.07, 6.45) is 0. The van der Waals surface area contributed by atoms with Gasteiger partial charge in [-0.15, -0.1) is 0 Å². The third kappa shape index (κ3) is 16.1. The Morgan fingerprint density at radius 1 is 1.75 bits per heavy atom. The van der Waals surface area contributed by atoms with Gasteiger partial charge in [-0.3, -0.25) is 0 Å². The van der Waals surface area contributed by atoms with Crippen LogP contribution >= 0.6 is 0 Å². The Morgan fingerprint density at radius 2 is 2.12 bits per heavy atom. The molecule has 4 heteroatoms. The third-order valence-electron chi connectivity index (χ3n) is 0.305. The van der Waals surface area contributed by atoms with Crippen LogP contribution in [0, 0.1) is 0 Å². The van der Waals surface area contributed by atoms with Crippen molar-refractivity contribution >= 4 is 0 Å². The van der Waals surface area contributed by atoms with Gasteiger partial charge in [0.15, 0.2) is 0 Å². The topological polar surface area (TPSA) is 29.1 Å². The van der Waals surface area contributed by atoms with E-state index >= 15 is 0 Å². The van der Waals surface area contributed by atoms with E-state index in [9.17, 15) is 5.11 Å². The maximum absolute atomic E-state index is 9.71. The predicted octanol–water partition coefficient (Wildman–Crippen LogP) is -2.07. The van der Waals surface area contributed by atoms with Crippen molar-refractivity contribution in [3.05, 3.63) is 12.5 Å². The smallest absolute Gasteiger partial charge is 0.323 e. The molecule has 0 N–H and O–H groups in total. The quantitative estimate of drug-likeness (QED) is 0.397. The van der Waals surface area contributed by atoms with Crippen molar-refractivity contribution in [2.75, 3.05) is 6.61 Å². The first kappa shape index (κ1) is 15.8. The van der Waals surface area contributed by atoms with E-state index in [-0.39, 0.29) is 36.5 Å². The van der Waals surface area contributed by atoms with Gasteiger partial charge in [-0.1, -0.05) is 0 Å². The van der Waals surface area contributed by atoms with Crippen molar-refractivity contribution in [1.82, 2.24) is 0 Å². The maximum Gasteiger partial charge on any atom is 0.323 e. The van der Waals surface area contributed by atoms with Crippen molar-refractivity contribution in [3.8, 4) is 0 Å². The molecule has 0 spiro atoms. The molecular weight excluding hydrogens is 225 g/mol. The molecule has 0 heterocycles. The Bertz CT molecular complexity index is 58.0. The second kappa shape index (κ2) is 10.4. The molecular formula is C4H7BrO2Zn-. The maximum atomic E-state index is 9.71. The zero-order chi connectivity index (χ0) is 4.99. The van der Waals surface area contributed by atoms with Crippen LogP contribution in [-0.2, 0) is 29.3 Å². The summed E-state index contributed by atoms with van der Waals surface area (Å²) >= 11 is 0. The Morgan fingerprint density at radius 3 is 2.12 bits per heavy atom. The molecule has 0 saturated heterocycles. The van der Waals surface area contributed by atoms with Crippen LogP contribution in [0.5, 0.6) is 0 Å². The van der Waals surface area contributed by atoms with Gasteiger partial charge >= 0.3 is 5.95 Å². The molecule has 0 bridgehead atoms. The average Bonchev–Trinajstić information content (AvgIpc) is 1.35. The van der Waals surface area contributed by atoms with Crippen molar-refractivity contribution in [2.24, 2.45) is 0 Å². The fourth-order valence-electron chi connectivity index (χ4n) is 0.161. The fraction of sp³-hybridized carbons (Fsp3) is 0.500. The Balaban J connectivity index is -0.000000125. The van der Waals surface area contributed by atoms with Gasteiger partial charge in [-0.05, 0) is 13.5 Å². The molecule has 0 aliphatic rings. The molecule has 2 nitrogen and oxygen atoms in total. The van der Waals surface area contributed by atoms with Crippen molar-refractivity contribution in [3.63, 3.8) is 0 Å². The van der Waals surface area contributed by atoms with Crippen molar-refractivity contribution in [1.29, 1.82) is 0 Å². The second-order valence-electron chi connectivity index (χ2n) is 0.805. The monoisotopic (exact) mass is 230 g/mol. The number of hydrogen-bond acceptors (Lipinski definition) is 1. The van der Waals surface area contributed by atoms with Gasteiger partial charge in [-0.2, -0.15) is 0 Å². The molecule has 0 fully saturated rings. The molecule has 0 aliphatic heterocycles. The zero-order valence-corrected chi connectivity index (χ0v) is 9.37. The summed E-state index contributed by atoms with van der Waals surface area (Å²) in [5, 5.41) is 9.71. The van der Waals surface area contributed by atoms with Gasteiger partial charge in [0.05, 0.1) is 6.61 Å². The summed E-state index contributed by atoms with van der Waals surface area (Å²) in [6.45, 7) is 5.13. The second-order valence-corrected chi connectivity index (χ2v) is 0.805. The first-order chi connectivity index (χ1) is 2.77. The molecule has 0 aliphatic carbocycles. The number of rotatable bonds is 2. The van der Waals surface area contributed by atoms with Crippen LogP contribution in [-0.4, -0.2) is 6.61 Å². The van der Waals surface area contributed by atoms with Crippen LogP contribution in [0.1, 0.15) is 6.92 Å². The number of hydrogen-bond donors (Lipinski definition) is 0. The van der Waals surface area contributed by atoms with E-state index in [0.29, 0.717) is 6.61 Å². The van der Waals surface area contributed by atoms with Crippen molar-refractivity contribution in [2.45, 2.75) is 6.92 Å². The molecule has 0 atom stereocenters. The SMILES string of the molecule is C=C([O])OCC.[Br-].[Zn]. The van der Waals surface area contributed by atoms with Gasteiger partial charge < -0.3 is 21.7 Å². The van der Waals surface area contributed by atoms with Gasteiger partial charge in [-0.25, -0.2) is 5.11 Å². The fourth-order valence-corrected chi connectivity index (χ4v) is 0.161. The summed E-state index contributed by atoms with van der Waals surface area (Å²) in [5.74, 6) is -0.461. The van der Waals surface area contributed by atoms with Crippen LogP contribution in [0.4, 0.5) is 0 Å². The van der Waals surface area contributed by atoms with Crippen LogP contribution < -0.4 is 17.0 Å². The standard InChI is InChI=1S/C4H7O2.BrH.Zn/c1-3-6-4(2)5;;/h2-3H2,1H3;1H;/p-1. The van der Waals surface area contributed by atoms with E-state index < -0.39 is 5.95 Å². The molecule has 0 aromatic carbocycles. The Hall–Kier alpha value is 0.443. The summed E-state index contributed by atoms with van der Waals surface area (Å²) in [6, 6.07) is 0. The first-order valence-corrected chi connectivity index (χ1v) is 1.76. The molecule has 0 amide bonds. The summed E-state index contributed by atoms with van der Waals surface area (Å²) in [5.41, 5.74) is 0. The van der Waals surface area contributed by atoms with Gasteiger partial charge in [0.2, 0.25) is 0 Å². The summed E-state index contributed by atoms with van der Waals surface area (Å²) < 4.78 is 4.29. The van der Waals surface area contributed by atoms with E-state index in [1.165, 1.54) is 0 Å². The zero-order valence-electron chi connectivity index (χ0n) is 4.82. The van der Waals surface area contributed by atoms with E-state index in [0.717, 1.165) is 0 Å². The van der Waals surface area contributed by atoms with Crippen LogP contribution in [0.2, 0.25) is 0 Å². The minimum absolute atomic E-state index is 0. The average molecular weight is 232 g/mol. The number of ether oxygens (including phenoxy) is 1. The first-order valence-electron chi connectivity index (χ1n) is 1.76. The van der Waals surface area contributed by atoms with Gasteiger partial charge in [0, 0.05) is 19.5 Å². The van der Waals surface area contributed by atoms with Crippen molar-refractivity contribution < 1.29 is 46.3 Å². The van der Waals surface area contributed by atoms with E-state index in [4.69, 9.17) is 0 Å². The van der Waals surface area contributed by atoms with Crippen LogP contribution in [0.25, 0.3) is 0 Å². The number of halogens is 1. The molecule has 45 valence electrons. The van der Waals surface area contributed by atoms with Crippen LogP contribution in [0.3, 0.4) is 0 Å². The molecule has 0 aromatic rings. The molecule has 0 rings (SSSR count). The summed E-state index contributed by atoms with van der Waals surface area (Å²) in [7, 11) is 0. The van der Waals surface area contributed by atoms with Crippen LogP contribution in [0.15, 0.2) is 12.5 Å². The molecule has 0 aromatic heterocycles. The van der Waals surface area contributed by atoms with E-state index in [2.05, 4.69) is 11.3 Å². The van der Waals surface area contributed by atoms with Gasteiger partial charge in [0.1, 0.15) is 0 Å². The largest absolute Gasteiger partial charge is 1.00 e. The molecule has 0 unspecified atom stereocenters. The minimum atomic E-state index is -0.461. The normalized spacial score (nSPS) is 5.62. The summed E-state index contributed by atoms with van der Waals surface area (Å²) in [4.78, 5) is 0. The minimum Gasteiger partial charge on any atom is -1.00 e. The Kier molecular flexibility index (Phi) is 20.6. The Labute approximate surface area is 72.4 Å². The molecule has 0 saturated carbocycles. The molecule has 8 heavy (non-hydrogen) atoms. The van der Waals surface area contributed by atoms with E-state index in [1.807, 2.05) is 0 Å². The van der Waals surface area contributed by atoms with Gasteiger partial charge in [0.25, 0.3) is 0 Å².